The molecule has 0 bridgehead atoms. The number of rotatable bonds is 5. The summed E-state index contributed by atoms with van der Waals surface area (Å²) in [7, 11) is 0. The normalized spacial score (nSPS) is 19.5. The summed E-state index contributed by atoms with van der Waals surface area (Å²) in [5.41, 5.74) is 0.752. The van der Waals surface area contributed by atoms with E-state index in [-0.39, 0.29) is 23.3 Å². The van der Waals surface area contributed by atoms with E-state index in [9.17, 15) is 4.79 Å². The molecule has 0 saturated heterocycles. The Morgan fingerprint density at radius 3 is 2.65 bits per heavy atom. The van der Waals surface area contributed by atoms with Crippen LogP contribution in [-0.2, 0) is 23.2 Å². The Balaban J connectivity index is 1.59. The van der Waals surface area contributed by atoms with E-state index in [2.05, 4.69) is 51.4 Å². The molecule has 1 aliphatic heterocycles. The van der Waals surface area contributed by atoms with Crippen molar-refractivity contribution in [3.63, 3.8) is 0 Å². The van der Waals surface area contributed by atoms with Gasteiger partial charge in [0.15, 0.2) is 5.82 Å². The lowest BCUT2D eigenvalue weighted by molar-refractivity contribution is -0.124. The van der Waals surface area contributed by atoms with Gasteiger partial charge in [-0.1, -0.05) is 44.2 Å². The number of nitrogens with one attached hydrogen (secondary N) is 2. The third-order valence-corrected chi connectivity index (χ3v) is 5.64. The molecule has 1 aromatic carbocycles. The lowest BCUT2D eigenvalue weighted by atomic mass is 9.93. The van der Waals surface area contributed by atoms with E-state index in [0.29, 0.717) is 0 Å². The van der Waals surface area contributed by atoms with E-state index in [1.54, 1.807) is 0 Å². The molecule has 1 fully saturated rings. The Kier molecular flexibility index (Phi) is 4.53. The fraction of sp³-hybridized carbons (Fsp3) is 0.550. The third-order valence-electron chi connectivity index (χ3n) is 5.64. The first-order chi connectivity index (χ1) is 12.6. The highest BCUT2D eigenvalue weighted by atomic mass is 16.2. The minimum absolute atomic E-state index is 0.117. The Bertz CT molecular complexity index is 779. The monoisotopic (exact) mass is 353 g/mol. The van der Waals surface area contributed by atoms with Crippen molar-refractivity contribution in [1.29, 1.82) is 0 Å². The Hall–Kier alpha value is -2.21. The van der Waals surface area contributed by atoms with Crippen molar-refractivity contribution < 1.29 is 4.79 Å². The molecule has 2 heterocycles. The SMILES string of the molecule is CC(C)[C@H](NC(=O)C1(c2ccccc2)CC1)c1nnc2n1CCNCC2. The van der Waals surface area contributed by atoms with Gasteiger partial charge in [0.2, 0.25) is 5.91 Å². The second kappa shape index (κ2) is 6.83. The maximum absolute atomic E-state index is 13.2. The molecule has 2 N–H and O–H groups in total. The summed E-state index contributed by atoms with van der Waals surface area (Å²) in [6, 6.07) is 10.0. The van der Waals surface area contributed by atoms with Crippen LogP contribution >= 0.6 is 0 Å². The molecule has 1 amide bonds. The zero-order chi connectivity index (χ0) is 18.1. The smallest absolute Gasteiger partial charge is 0.231 e. The zero-order valence-corrected chi connectivity index (χ0v) is 15.5. The van der Waals surface area contributed by atoms with E-state index in [1.165, 1.54) is 0 Å². The van der Waals surface area contributed by atoms with Crippen molar-refractivity contribution in [3.8, 4) is 0 Å². The second-order valence-corrected chi connectivity index (χ2v) is 7.77. The van der Waals surface area contributed by atoms with Gasteiger partial charge >= 0.3 is 0 Å². The molecule has 6 heteroatoms. The Morgan fingerprint density at radius 2 is 1.96 bits per heavy atom. The maximum atomic E-state index is 13.2. The topological polar surface area (TPSA) is 71.8 Å². The van der Waals surface area contributed by atoms with Crippen LogP contribution in [0, 0.1) is 5.92 Å². The van der Waals surface area contributed by atoms with Crippen molar-refractivity contribution in [1.82, 2.24) is 25.4 Å². The summed E-state index contributed by atoms with van der Waals surface area (Å²) in [4.78, 5) is 13.2. The molecule has 2 aliphatic rings. The third kappa shape index (κ3) is 3.03. The molecule has 1 atom stereocenters. The minimum Gasteiger partial charge on any atom is -0.345 e. The number of aromatic nitrogens is 3. The van der Waals surface area contributed by atoms with Crippen molar-refractivity contribution >= 4 is 5.91 Å². The van der Waals surface area contributed by atoms with Crippen LogP contribution in [0.1, 0.15) is 49.9 Å². The first-order valence-corrected chi connectivity index (χ1v) is 9.61. The summed E-state index contributed by atoms with van der Waals surface area (Å²) in [6.07, 6.45) is 2.70. The molecule has 1 saturated carbocycles. The van der Waals surface area contributed by atoms with Crippen LogP contribution in [0.2, 0.25) is 0 Å². The van der Waals surface area contributed by atoms with Crippen molar-refractivity contribution in [2.24, 2.45) is 5.92 Å². The van der Waals surface area contributed by atoms with Crippen LogP contribution in [0.4, 0.5) is 0 Å². The van der Waals surface area contributed by atoms with Gasteiger partial charge in [-0.05, 0) is 24.3 Å². The summed E-state index contributed by atoms with van der Waals surface area (Å²) < 4.78 is 2.19. The standard InChI is InChI=1S/C20H27N5O/c1-14(2)17(18-24-23-16-8-11-21-12-13-25(16)18)22-19(26)20(9-10-20)15-6-4-3-5-7-15/h3-7,14,17,21H,8-13H2,1-2H3,(H,22,26)/t17-/m0/s1. The maximum Gasteiger partial charge on any atom is 0.231 e. The molecule has 0 radical (unpaired) electrons. The van der Waals surface area contributed by atoms with Gasteiger partial charge < -0.3 is 15.2 Å². The summed E-state index contributed by atoms with van der Waals surface area (Å²) in [5.74, 6) is 2.26. The second-order valence-electron chi connectivity index (χ2n) is 7.77. The average Bonchev–Trinajstić information content (AvgIpc) is 3.42. The lowest BCUT2D eigenvalue weighted by Gasteiger charge is -2.25. The summed E-state index contributed by atoms with van der Waals surface area (Å²) in [6.45, 7) is 6.94. The number of nitrogens with zero attached hydrogens (tertiary/aromatic N) is 3. The number of benzene rings is 1. The fourth-order valence-corrected chi connectivity index (χ4v) is 3.86. The average molecular weight is 353 g/mol. The van der Waals surface area contributed by atoms with Crippen LogP contribution < -0.4 is 10.6 Å². The Labute approximate surface area is 154 Å². The number of hydrogen-bond acceptors (Lipinski definition) is 4. The van der Waals surface area contributed by atoms with E-state index in [0.717, 1.165) is 56.1 Å². The van der Waals surface area contributed by atoms with Gasteiger partial charge in [-0.3, -0.25) is 4.79 Å². The van der Waals surface area contributed by atoms with Gasteiger partial charge in [0.1, 0.15) is 5.82 Å². The molecule has 1 aliphatic carbocycles. The van der Waals surface area contributed by atoms with Crippen molar-refractivity contribution in [2.45, 2.75) is 51.1 Å². The van der Waals surface area contributed by atoms with Crippen LogP contribution in [0.25, 0.3) is 0 Å². The predicted octanol–water partition coefficient (Wildman–Crippen LogP) is 1.97. The molecule has 0 unspecified atom stereocenters. The van der Waals surface area contributed by atoms with Crippen molar-refractivity contribution in [2.75, 3.05) is 13.1 Å². The fourth-order valence-electron chi connectivity index (χ4n) is 3.86. The van der Waals surface area contributed by atoms with Crippen LogP contribution in [0.15, 0.2) is 30.3 Å². The quantitative estimate of drug-likeness (QED) is 0.862. The van der Waals surface area contributed by atoms with E-state index < -0.39 is 0 Å². The van der Waals surface area contributed by atoms with Gasteiger partial charge in [-0.2, -0.15) is 0 Å². The molecule has 26 heavy (non-hydrogen) atoms. The molecule has 6 nitrogen and oxygen atoms in total. The van der Waals surface area contributed by atoms with E-state index in [1.807, 2.05) is 18.2 Å². The van der Waals surface area contributed by atoms with Gasteiger partial charge in [0, 0.05) is 26.1 Å². The van der Waals surface area contributed by atoms with Gasteiger partial charge in [0.05, 0.1) is 11.5 Å². The molecule has 1 aromatic heterocycles. The van der Waals surface area contributed by atoms with Crippen LogP contribution in [0.5, 0.6) is 0 Å². The lowest BCUT2D eigenvalue weighted by Crippen LogP contribution is -2.40. The number of hydrogen-bond donors (Lipinski definition) is 2. The summed E-state index contributed by atoms with van der Waals surface area (Å²) in [5, 5.41) is 15.5. The molecular weight excluding hydrogens is 326 g/mol. The molecule has 0 spiro atoms. The highest BCUT2D eigenvalue weighted by Gasteiger charge is 2.51. The van der Waals surface area contributed by atoms with E-state index >= 15 is 0 Å². The van der Waals surface area contributed by atoms with E-state index in [4.69, 9.17) is 0 Å². The van der Waals surface area contributed by atoms with Crippen molar-refractivity contribution in [3.05, 3.63) is 47.5 Å². The van der Waals surface area contributed by atoms with Gasteiger partial charge in [-0.25, -0.2) is 0 Å². The van der Waals surface area contributed by atoms with Gasteiger partial charge in [0.25, 0.3) is 0 Å². The van der Waals surface area contributed by atoms with Crippen LogP contribution in [0.3, 0.4) is 0 Å². The van der Waals surface area contributed by atoms with Gasteiger partial charge in [-0.15, -0.1) is 10.2 Å². The minimum atomic E-state index is -0.363. The number of amides is 1. The largest absolute Gasteiger partial charge is 0.345 e. The molecular formula is C20H27N5O. The van der Waals surface area contributed by atoms with Crippen LogP contribution in [-0.4, -0.2) is 33.8 Å². The molecule has 2 aromatic rings. The highest BCUT2D eigenvalue weighted by molar-refractivity contribution is 5.91. The predicted molar refractivity (Wildman–Crippen MR) is 99.7 cm³/mol. The first kappa shape index (κ1) is 17.2. The molecule has 4 rings (SSSR count). The summed E-state index contributed by atoms with van der Waals surface area (Å²) >= 11 is 0. The number of carbonyl (C=O) groups is 1. The zero-order valence-electron chi connectivity index (χ0n) is 15.5. The number of carbonyl (C=O) groups excluding carboxylic acids is 1. The molecule has 138 valence electrons. The first-order valence-electron chi connectivity index (χ1n) is 9.61. The number of fused-ring (bicyclic) bond motifs is 1. The highest BCUT2D eigenvalue weighted by Crippen LogP contribution is 2.48. The Morgan fingerprint density at radius 1 is 1.19 bits per heavy atom.